The maximum Gasteiger partial charge on any atom is 0.242 e. The molecular formula is C14H17Cl2N3O. The van der Waals surface area contributed by atoms with Gasteiger partial charge in [-0.15, -0.1) is 11.6 Å². The molecule has 0 saturated heterocycles. The molecule has 1 heterocycles. The second-order valence-corrected chi connectivity index (χ2v) is 5.35. The predicted molar refractivity (Wildman–Crippen MR) is 82.5 cm³/mol. The van der Waals surface area contributed by atoms with E-state index in [1.165, 1.54) is 0 Å². The van der Waals surface area contributed by atoms with Crippen molar-refractivity contribution in [3.63, 3.8) is 0 Å². The molecule has 1 amide bonds. The number of likely N-dealkylation sites (N-methyl/N-ethyl adjacent to an activating group) is 1. The standard InChI is InChI=1S/C14H17Cl2N3O/c1-3-18(2)13(20)9-19-11-6-4-5-10(16)14(11)17-12(19)7-8-15/h4-6H,3,7-9H2,1-2H3. The Bertz CT molecular complexity index is 624. The van der Waals surface area contributed by atoms with Gasteiger partial charge in [-0.3, -0.25) is 4.79 Å². The Labute approximate surface area is 128 Å². The van der Waals surface area contributed by atoms with Gasteiger partial charge in [0.05, 0.1) is 10.5 Å². The number of hydrogen-bond acceptors (Lipinski definition) is 2. The van der Waals surface area contributed by atoms with Crippen LogP contribution in [0.5, 0.6) is 0 Å². The first kappa shape index (κ1) is 15.1. The lowest BCUT2D eigenvalue weighted by atomic mass is 10.3. The molecule has 20 heavy (non-hydrogen) atoms. The lowest BCUT2D eigenvalue weighted by Gasteiger charge is -2.16. The minimum atomic E-state index is 0.0441. The van der Waals surface area contributed by atoms with Gasteiger partial charge in [-0.05, 0) is 19.1 Å². The number of fused-ring (bicyclic) bond motifs is 1. The van der Waals surface area contributed by atoms with Gasteiger partial charge in [0, 0.05) is 25.9 Å². The molecule has 108 valence electrons. The minimum absolute atomic E-state index is 0.0441. The number of imidazole rings is 1. The van der Waals surface area contributed by atoms with Crippen LogP contribution in [0.25, 0.3) is 11.0 Å². The normalized spacial score (nSPS) is 11.0. The third-order valence-corrected chi connectivity index (χ3v) is 3.81. The van der Waals surface area contributed by atoms with E-state index >= 15 is 0 Å². The van der Waals surface area contributed by atoms with Crippen molar-refractivity contribution >= 4 is 40.1 Å². The number of nitrogens with zero attached hydrogens (tertiary/aromatic N) is 3. The second-order valence-electron chi connectivity index (χ2n) is 4.57. The fraction of sp³-hybridized carbons (Fsp3) is 0.429. The Morgan fingerprint density at radius 3 is 2.85 bits per heavy atom. The number of halogens is 2. The number of aryl methyl sites for hydroxylation is 1. The Balaban J connectivity index is 2.46. The van der Waals surface area contributed by atoms with E-state index in [1.807, 2.05) is 23.6 Å². The van der Waals surface area contributed by atoms with Crippen LogP contribution in [0.4, 0.5) is 0 Å². The van der Waals surface area contributed by atoms with Crippen molar-refractivity contribution in [3.05, 3.63) is 29.0 Å². The van der Waals surface area contributed by atoms with Crippen molar-refractivity contribution in [2.24, 2.45) is 0 Å². The van der Waals surface area contributed by atoms with Crippen LogP contribution in [-0.4, -0.2) is 39.8 Å². The average molecular weight is 314 g/mol. The summed E-state index contributed by atoms with van der Waals surface area (Å²) in [6, 6.07) is 5.58. The summed E-state index contributed by atoms with van der Waals surface area (Å²) >= 11 is 12.0. The molecule has 2 aromatic rings. The van der Waals surface area contributed by atoms with Crippen LogP contribution in [0.3, 0.4) is 0 Å². The van der Waals surface area contributed by atoms with E-state index in [4.69, 9.17) is 23.2 Å². The molecule has 0 aliphatic carbocycles. The maximum atomic E-state index is 12.1. The van der Waals surface area contributed by atoms with Gasteiger partial charge in [0.25, 0.3) is 0 Å². The molecule has 0 spiro atoms. The summed E-state index contributed by atoms with van der Waals surface area (Å²) in [5, 5.41) is 0.591. The van der Waals surface area contributed by atoms with Crippen molar-refractivity contribution in [2.45, 2.75) is 19.9 Å². The first-order valence-corrected chi connectivity index (χ1v) is 7.43. The van der Waals surface area contributed by atoms with Gasteiger partial charge >= 0.3 is 0 Å². The Morgan fingerprint density at radius 1 is 1.45 bits per heavy atom. The highest BCUT2D eigenvalue weighted by atomic mass is 35.5. The maximum absolute atomic E-state index is 12.1. The lowest BCUT2D eigenvalue weighted by Crippen LogP contribution is -2.30. The Morgan fingerprint density at radius 2 is 2.20 bits per heavy atom. The molecule has 0 atom stereocenters. The van der Waals surface area contributed by atoms with Crippen molar-refractivity contribution in [2.75, 3.05) is 19.5 Å². The molecule has 4 nitrogen and oxygen atoms in total. The van der Waals surface area contributed by atoms with E-state index in [-0.39, 0.29) is 12.5 Å². The summed E-state index contributed by atoms with van der Waals surface area (Å²) < 4.78 is 1.90. The molecule has 0 radical (unpaired) electrons. The SMILES string of the molecule is CCN(C)C(=O)Cn1c(CCCl)nc2c(Cl)cccc21. The van der Waals surface area contributed by atoms with E-state index in [0.717, 1.165) is 16.9 Å². The lowest BCUT2D eigenvalue weighted by molar-refractivity contribution is -0.130. The number of amides is 1. The minimum Gasteiger partial charge on any atom is -0.344 e. The fourth-order valence-electron chi connectivity index (χ4n) is 2.05. The number of rotatable bonds is 5. The summed E-state index contributed by atoms with van der Waals surface area (Å²) in [6.45, 7) is 2.88. The fourth-order valence-corrected chi connectivity index (χ4v) is 2.43. The van der Waals surface area contributed by atoms with Crippen LogP contribution in [0, 0.1) is 0 Å². The van der Waals surface area contributed by atoms with Crippen LogP contribution in [0.2, 0.25) is 5.02 Å². The smallest absolute Gasteiger partial charge is 0.242 e. The van der Waals surface area contributed by atoms with Gasteiger partial charge in [-0.1, -0.05) is 17.7 Å². The number of hydrogen-bond donors (Lipinski definition) is 0. The van der Waals surface area contributed by atoms with Gasteiger partial charge in [0.1, 0.15) is 17.9 Å². The summed E-state index contributed by atoms with van der Waals surface area (Å²) in [5.74, 6) is 1.29. The summed E-state index contributed by atoms with van der Waals surface area (Å²) in [4.78, 5) is 18.3. The quantitative estimate of drug-likeness (QED) is 0.796. The molecule has 0 aliphatic heterocycles. The molecule has 0 N–H and O–H groups in total. The molecule has 0 bridgehead atoms. The third-order valence-electron chi connectivity index (χ3n) is 3.32. The monoisotopic (exact) mass is 313 g/mol. The molecule has 0 fully saturated rings. The van der Waals surface area contributed by atoms with E-state index in [1.54, 1.807) is 18.0 Å². The summed E-state index contributed by atoms with van der Waals surface area (Å²) in [6.07, 6.45) is 0.607. The van der Waals surface area contributed by atoms with Crippen LogP contribution in [0.15, 0.2) is 18.2 Å². The average Bonchev–Trinajstić information content (AvgIpc) is 2.78. The number of carbonyl (C=O) groups excluding carboxylic acids is 1. The predicted octanol–water partition coefficient (Wildman–Crippen LogP) is 2.95. The van der Waals surface area contributed by atoms with Gasteiger partial charge in [-0.25, -0.2) is 4.98 Å². The van der Waals surface area contributed by atoms with Crippen LogP contribution < -0.4 is 0 Å². The molecule has 6 heteroatoms. The number of benzene rings is 1. The second kappa shape index (κ2) is 6.46. The molecule has 0 aliphatic rings. The third kappa shape index (κ3) is 2.91. The molecular weight excluding hydrogens is 297 g/mol. The van der Waals surface area contributed by atoms with Gasteiger partial charge in [0.15, 0.2) is 0 Å². The number of para-hydroxylation sites is 1. The highest BCUT2D eigenvalue weighted by Gasteiger charge is 2.16. The first-order valence-electron chi connectivity index (χ1n) is 6.52. The highest BCUT2D eigenvalue weighted by molar-refractivity contribution is 6.34. The van der Waals surface area contributed by atoms with Crippen molar-refractivity contribution < 1.29 is 4.79 Å². The van der Waals surface area contributed by atoms with Crippen LogP contribution >= 0.6 is 23.2 Å². The van der Waals surface area contributed by atoms with Crippen molar-refractivity contribution in [1.82, 2.24) is 14.5 Å². The molecule has 1 aromatic carbocycles. The highest BCUT2D eigenvalue weighted by Crippen LogP contribution is 2.24. The van der Waals surface area contributed by atoms with Gasteiger partial charge < -0.3 is 9.47 Å². The van der Waals surface area contributed by atoms with Crippen molar-refractivity contribution in [1.29, 1.82) is 0 Å². The summed E-state index contributed by atoms with van der Waals surface area (Å²) in [7, 11) is 1.79. The Kier molecular flexibility index (Phi) is 4.89. The largest absolute Gasteiger partial charge is 0.344 e. The van der Waals surface area contributed by atoms with Gasteiger partial charge in [-0.2, -0.15) is 0 Å². The number of carbonyl (C=O) groups is 1. The molecule has 0 unspecified atom stereocenters. The summed E-state index contributed by atoms with van der Waals surface area (Å²) in [5.41, 5.74) is 1.59. The zero-order valence-electron chi connectivity index (χ0n) is 11.6. The topological polar surface area (TPSA) is 38.1 Å². The van der Waals surface area contributed by atoms with E-state index in [9.17, 15) is 4.79 Å². The van der Waals surface area contributed by atoms with E-state index < -0.39 is 0 Å². The van der Waals surface area contributed by atoms with E-state index in [0.29, 0.717) is 23.9 Å². The zero-order chi connectivity index (χ0) is 14.7. The zero-order valence-corrected chi connectivity index (χ0v) is 13.1. The van der Waals surface area contributed by atoms with Crippen LogP contribution in [0.1, 0.15) is 12.7 Å². The molecule has 1 aromatic heterocycles. The van der Waals surface area contributed by atoms with Crippen molar-refractivity contribution in [3.8, 4) is 0 Å². The Hall–Kier alpha value is -1.26. The van der Waals surface area contributed by atoms with Gasteiger partial charge in [0.2, 0.25) is 5.91 Å². The number of alkyl halides is 1. The molecule has 2 rings (SSSR count). The first-order chi connectivity index (χ1) is 9.58. The van der Waals surface area contributed by atoms with Crippen LogP contribution in [-0.2, 0) is 17.8 Å². The molecule has 0 saturated carbocycles. The number of aromatic nitrogens is 2. The van der Waals surface area contributed by atoms with E-state index in [2.05, 4.69) is 4.98 Å².